The first-order valence-corrected chi connectivity index (χ1v) is 7.54. The van der Waals surface area contributed by atoms with Gasteiger partial charge in [-0.3, -0.25) is 4.79 Å². The molecule has 21 heavy (non-hydrogen) atoms. The van der Waals surface area contributed by atoms with E-state index in [2.05, 4.69) is 5.32 Å². The van der Waals surface area contributed by atoms with Crippen molar-refractivity contribution in [1.29, 1.82) is 0 Å². The number of nitrogens with one attached hydrogen (secondary N) is 1. The molecule has 0 radical (unpaired) electrons. The third-order valence-corrected chi connectivity index (χ3v) is 3.70. The molecule has 0 spiro atoms. The van der Waals surface area contributed by atoms with Crippen LogP contribution < -0.4 is 10.1 Å². The van der Waals surface area contributed by atoms with Crippen LogP contribution in [0, 0.1) is 5.92 Å². The first kappa shape index (κ1) is 15.6. The molecular formula is C17H23NO3. The monoisotopic (exact) mass is 289 g/mol. The molecule has 1 aliphatic rings. The highest BCUT2D eigenvalue weighted by molar-refractivity contribution is 5.91. The largest absolute Gasteiger partial charge is 0.494 e. The Balaban J connectivity index is 1.76. The van der Waals surface area contributed by atoms with Crippen LogP contribution in [0.15, 0.2) is 30.3 Å². The van der Waals surface area contributed by atoms with E-state index < -0.39 is 0 Å². The van der Waals surface area contributed by atoms with Gasteiger partial charge in [-0.1, -0.05) is 12.1 Å². The molecule has 1 fully saturated rings. The highest BCUT2D eigenvalue weighted by Gasteiger charge is 2.22. The van der Waals surface area contributed by atoms with Gasteiger partial charge in [-0.05, 0) is 55.9 Å². The number of rotatable bonds is 6. The highest BCUT2D eigenvalue weighted by Crippen LogP contribution is 2.24. The summed E-state index contributed by atoms with van der Waals surface area (Å²) in [6, 6.07) is 7.62. The lowest BCUT2D eigenvalue weighted by Gasteiger charge is -2.09. The smallest absolute Gasteiger partial charge is 0.244 e. The summed E-state index contributed by atoms with van der Waals surface area (Å²) in [6.07, 6.45) is 5.77. The summed E-state index contributed by atoms with van der Waals surface area (Å²) in [5, 5.41) is 12.3. The lowest BCUT2D eigenvalue weighted by molar-refractivity contribution is -0.116. The van der Waals surface area contributed by atoms with Crippen molar-refractivity contribution in [3.05, 3.63) is 35.9 Å². The van der Waals surface area contributed by atoms with Crippen LogP contribution in [0.1, 0.15) is 31.7 Å². The zero-order valence-electron chi connectivity index (χ0n) is 12.4. The quantitative estimate of drug-likeness (QED) is 0.791. The van der Waals surface area contributed by atoms with E-state index in [-0.39, 0.29) is 12.0 Å². The molecule has 0 saturated heterocycles. The Hall–Kier alpha value is -1.81. The van der Waals surface area contributed by atoms with Gasteiger partial charge in [-0.15, -0.1) is 0 Å². The molecule has 2 atom stereocenters. The zero-order chi connectivity index (χ0) is 15.1. The standard InChI is InChI=1S/C17H23NO3/c1-2-21-16-8-4-13(5-9-16)6-10-17(20)18-12-14-3-7-15(19)11-14/h4-6,8-10,14-15,19H,2-3,7,11-12H2,1H3,(H,18,20)/b10-6+. The predicted octanol–water partition coefficient (Wildman–Crippen LogP) is 2.38. The second kappa shape index (κ2) is 7.84. The molecule has 0 bridgehead atoms. The fourth-order valence-electron chi connectivity index (χ4n) is 2.55. The minimum absolute atomic E-state index is 0.0923. The lowest BCUT2D eigenvalue weighted by Crippen LogP contribution is -2.26. The average Bonchev–Trinajstić information content (AvgIpc) is 2.90. The molecule has 2 rings (SSSR count). The Labute approximate surface area is 125 Å². The van der Waals surface area contributed by atoms with Crippen LogP contribution in [-0.4, -0.2) is 30.3 Å². The summed E-state index contributed by atoms with van der Waals surface area (Å²) in [7, 11) is 0. The van der Waals surface area contributed by atoms with Crippen molar-refractivity contribution in [3.63, 3.8) is 0 Å². The van der Waals surface area contributed by atoms with Crippen molar-refractivity contribution in [1.82, 2.24) is 5.32 Å². The summed E-state index contributed by atoms with van der Waals surface area (Å²) in [4.78, 5) is 11.7. The molecule has 4 heteroatoms. The van der Waals surface area contributed by atoms with E-state index in [1.165, 1.54) is 0 Å². The SMILES string of the molecule is CCOc1ccc(/C=C/C(=O)NCC2CCC(O)C2)cc1. The Kier molecular flexibility index (Phi) is 5.81. The predicted molar refractivity (Wildman–Crippen MR) is 83.0 cm³/mol. The number of carbonyl (C=O) groups excluding carboxylic acids is 1. The van der Waals surface area contributed by atoms with E-state index in [0.29, 0.717) is 19.1 Å². The highest BCUT2D eigenvalue weighted by atomic mass is 16.5. The second-order valence-electron chi connectivity index (χ2n) is 5.41. The maximum Gasteiger partial charge on any atom is 0.244 e. The van der Waals surface area contributed by atoms with Gasteiger partial charge in [0.05, 0.1) is 12.7 Å². The third kappa shape index (κ3) is 5.23. The van der Waals surface area contributed by atoms with Gasteiger partial charge in [-0.2, -0.15) is 0 Å². The first-order valence-electron chi connectivity index (χ1n) is 7.54. The molecule has 1 saturated carbocycles. The van der Waals surface area contributed by atoms with Gasteiger partial charge < -0.3 is 15.2 Å². The van der Waals surface area contributed by atoms with Crippen LogP contribution in [0.5, 0.6) is 5.75 Å². The van der Waals surface area contributed by atoms with Crippen LogP contribution >= 0.6 is 0 Å². The molecule has 2 N–H and O–H groups in total. The number of aliphatic hydroxyl groups is 1. The summed E-state index contributed by atoms with van der Waals surface area (Å²) in [5.41, 5.74) is 0.963. The van der Waals surface area contributed by atoms with Gasteiger partial charge in [0.15, 0.2) is 0 Å². The number of carbonyl (C=O) groups is 1. The minimum atomic E-state index is -0.189. The average molecular weight is 289 g/mol. The van der Waals surface area contributed by atoms with Gasteiger partial charge in [0.25, 0.3) is 0 Å². The maximum absolute atomic E-state index is 11.7. The second-order valence-corrected chi connectivity index (χ2v) is 5.41. The van der Waals surface area contributed by atoms with Gasteiger partial charge in [0.2, 0.25) is 5.91 Å². The molecule has 1 aromatic rings. The normalized spacial score (nSPS) is 21.6. The van der Waals surface area contributed by atoms with Crippen LogP contribution in [-0.2, 0) is 4.79 Å². The fourth-order valence-corrected chi connectivity index (χ4v) is 2.55. The van der Waals surface area contributed by atoms with Gasteiger partial charge >= 0.3 is 0 Å². The third-order valence-electron chi connectivity index (χ3n) is 3.70. The van der Waals surface area contributed by atoms with Gasteiger partial charge in [0, 0.05) is 12.6 Å². The number of aliphatic hydroxyl groups excluding tert-OH is 1. The summed E-state index contributed by atoms with van der Waals surface area (Å²) >= 11 is 0. The molecule has 1 aromatic carbocycles. The fraction of sp³-hybridized carbons (Fsp3) is 0.471. The van der Waals surface area contributed by atoms with Crippen molar-refractivity contribution < 1.29 is 14.6 Å². The van der Waals surface area contributed by atoms with E-state index in [1.54, 1.807) is 12.2 Å². The van der Waals surface area contributed by atoms with Crippen molar-refractivity contribution in [3.8, 4) is 5.75 Å². The van der Waals surface area contributed by atoms with Crippen molar-refractivity contribution in [2.24, 2.45) is 5.92 Å². The number of ether oxygens (including phenoxy) is 1. The van der Waals surface area contributed by atoms with E-state index in [0.717, 1.165) is 30.6 Å². The topological polar surface area (TPSA) is 58.6 Å². The zero-order valence-corrected chi connectivity index (χ0v) is 12.4. The molecule has 114 valence electrons. The van der Waals surface area contributed by atoms with E-state index in [1.807, 2.05) is 31.2 Å². The lowest BCUT2D eigenvalue weighted by atomic mass is 10.1. The molecule has 1 amide bonds. The number of hydrogen-bond acceptors (Lipinski definition) is 3. The van der Waals surface area contributed by atoms with Gasteiger partial charge in [0.1, 0.15) is 5.75 Å². The Morgan fingerprint density at radius 1 is 1.38 bits per heavy atom. The number of amides is 1. The van der Waals surface area contributed by atoms with E-state index in [9.17, 15) is 9.90 Å². The molecule has 1 aliphatic carbocycles. The van der Waals surface area contributed by atoms with Crippen LogP contribution in [0.4, 0.5) is 0 Å². The Bertz CT molecular complexity index is 481. The minimum Gasteiger partial charge on any atom is -0.494 e. The molecule has 0 heterocycles. The van der Waals surface area contributed by atoms with Crippen molar-refractivity contribution >= 4 is 12.0 Å². The van der Waals surface area contributed by atoms with Crippen LogP contribution in [0.3, 0.4) is 0 Å². The maximum atomic E-state index is 11.7. The molecular weight excluding hydrogens is 266 g/mol. The Morgan fingerprint density at radius 3 is 2.76 bits per heavy atom. The molecule has 0 aliphatic heterocycles. The number of benzene rings is 1. The Morgan fingerprint density at radius 2 is 2.14 bits per heavy atom. The van der Waals surface area contributed by atoms with E-state index >= 15 is 0 Å². The van der Waals surface area contributed by atoms with E-state index in [4.69, 9.17) is 4.74 Å². The van der Waals surface area contributed by atoms with Crippen molar-refractivity contribution in [2.75, 3.05) is 13.2 Å². The molecule has 2 unspecified atom stereocenters. The van der Waals surface area contributed by atoms with Crippen LogP contribution in [0.2, 0.25) is 0 Å². The van der Waals surface area contributed by atoms with Crippen molar-refractivity contribution in [2.45, 2.75) is 32.3 Å². The molecule has 0 aromatic heterocycles. The first-order chi connectivity index (χ1) is 10.2. The number of hydrogen-bond donors (Lipinski definition) is 2. The summed E-state index contributed by atoms with van der Waals surface area (Å²) < 4.78 is 5.37. The van der Waals surface area contributed by atoms with Crippen LogP contribution in [0.25, 0.3) is 6.08 Å². The summed E-state index contributed by atoms with van der Waals surface area (Å²) in [5.74, 6) is 1.15. The van der Waals surface area contributed by atoms with Gasteiger partial charge in [-0.25, -0.2) is 0 Å². The molecule has 4 nitrogen and oxygen atoms in total. The summed E-state index contributed by atoms with van der Waals surface area (Å²) in [6.45, 7) is 3.23.